The summed E-state index contributed by atoms with van der Waals surface area (Å²) in [6.45, 7) is 0. The van der Waals surface area contributed by atoms with Crippen LogP contribution in [0.25, 0.3) is 0 Å². The van der Waals surface area contributed by atoms with E-state index >= 15 is 0 Å². The van der Waals surface area contributed by atoms with Gasteiger partial charge in [-0.2, -0.15) is 8.42 Å². The fraction of sp³-hybridized carbons (Fsp3) is 0.222. The van der Waals surface area contributed by atoms with Crippen LogP contribution >= 0.6 is 0 Å². The van der Waals surface area contributed by atoms with Gasteiger partial charge < -0.3 is 5.73 Å². The SMILES string of the molecule is NC(=O)c1ccc(CCS(=O)(=O)O)cc1. The molecule has 1 aromatic rings. The van der Waals surface area contributed by atoms with Crippen LogP contribution in [0, 0.1) is 0 Å². The van der Waals surface area contributed by atoms with E-state index in [1.54, 1.807) is 12.1 Å². The summed E-state index contributed by atoms with van der Waals surface area (Å²) in [5, 5.41) is 0. The van der Waals surface area contributed by atoms with E-state index in [-0.39, 0.29) is 12.2 Å². The number of aryl methyl sites for hydroxylation is 1. The van der Waals surface area contributed by atoms with Gasteiger partial charge in [-0.15, -0.1) is 0 Å². The topological polar surface area (TPSA) is 97.5 Å². The van der Waals surface area contributed by atoms with Crippen molar-refractivity contribution in [1.29, 1.82) is 0 Å². The van der Waals surface area contributed by atoms with Gasteiger partial charge in [0, 0.05) is 5.56 Å². The average molecular weight is 229 g/mol. The summed E-state index contributed by atoms with van der Waals surface area (Å²) < 4.78 is 29.4. The van der Waals surface area contributed by atoms with Crippen LogP contribution in [0.1, 0.15) is 15.9 Å². The van der Waals surface area contributed by atoms with Crippen LogP contribution in [0.4, 0.5) is 0 Å². The highest BCUT2D eigenvalue weighted by Crippen LogP contribution is 2.05. The Hall–Kier alpha value is -1.40. The lowest BCUT2D eigenvalue weighted by Gasteiger charge is -2.00. The number of amides is 1. The third-order valence-electron chi connectivity index (χ3n) is 1.89. The Morgan fingerprint density at radius 2 is 1.80 bits per heavy atom. The molecule has 3 N–H and O–H groups in total. The van der Waals surface area contributed by atoms with Crippen molar-refractivity contribution in [2.45, 2.75) is 6.42 Å². The maximum absolute atomic E-state index is 10.7. The Bertz CT molecular complexity index is 450. The Labute approximate surface area is 87.7 Å². The van der Waals surface area contributed by atoms with Crippen LogP contribution in [-0.2, 0) is 16.5 Å². The molecule has 0 saturated heterocycles. The molecule has 1 aromatic carbocycles. The third-order valence-corrected chi connectivity index (χ3v) is 2.61. The fourth-order valence-electron chi connectivity index (χ4n) is 1.08. The standard InChI is InChI=1S/C9H11NO4S/c10-9(11)8-3-1-7(2-4-8)5-6-15(12,13)14/h1-4H,5-6H2,(H2,10,11)(H,12,13,14). The molecule has 0 atom stereocenters. The fourth-order valence-corrected chi connectivity index (χ4v) is 1.58. The second kappa shape index (κ2) is 4.41. The van der Waals surface area contributed by atoms with Gasteiger partial charge in [-0.05, 0) is 24.1 Å². The lowest BCUT2D eigenvalue weighted by Crippen LogP contribution is -2.11. The molecule has 1 amide bonds. The Morgan fingerprint density at radius 1 is 1.27 bits per heavy atom. The van der Waals surface area contributed by atoms with E-state index in [1.807, 2.05) is 0 Å². The first-order valence-electron chi connectivity index (χ1n) is 4.22. The van der Waals surface area contributed by atoms with Crippen LogP contribution < -0.4 is 5.73 Å². The number of benzene rings is 1. The van der Waals surface area contributed by atoms with Gasteiger partial charge in [0.25, 0.3) is 10.1 Å². The molecule has 0 aromatic heterocycles. The Kier molecular flexibility index (Phi) is 3.43. The number of carbonyl (C=O) groups excluding carboxylic acids is 1. The van der Waals surface area contributed by atoms with Crippen LogP contribution in [0.2, 0.25) is 0 Å². The smallest absolute Gasteiger partial charge is 0.265 e. The number of carbonyl (C=O) groups is 1. The summed E-state index contributed by atoms with van der Waals surface area (Å²) in [6, 6.07) is 6.24. The molecule has 0 aliphatic carbocycles. The van der Waals surface area contributed by atoms with E-state index in [0.717, 1.165) is 5.56 Å². The van der Waals surface area contributed by atoms with Gasteiger partial charge in [-0.25, -0.2) is 0 Å². The second-order valence-corrected chi connectivity index (χ2v) is 4.67. The van der Waals surface area contributed by atoms with Crippen molar-refractivity contribution in [3.05, 3.63) is 35.4 Å². The van der Waals surface area contributed by atoms with Crippen molar-refractivity contribution >= 4 is 16.0 Å². The summed E-state index contributed by atoms with van der Waals surface area (Å²) in [6.07, 6.45) is 0.206. The van der Waals surface area contributed by atoms with Gasteiger partial charge in [0.05, 0.1) is 5.75 Å². The summed E-state index contributed by atoms with van der Waals surface area (Å²) >= 11 is 0. The number of rotatable bonds is 4. The Balaban J connectivity index is 2.69. The van der Waals surface area contributed by atoms with E-state index in [1.165, 1.54) is 12.1 Å². The monoisotopic (exact) mass is 229 g/mol. The summed E-state index contributed by atoms with van der Waals surface area (Å²) in [5.41, 5.74) is 6.12. The van der Waals surface area contributed by atoms with E-state index in [2.05, 4.69) is 0 Å². The number of hydrogen-bond acceptors (Lipinski definition) is 3. The van der Waals surface area contributed by atoms with Crippen molar-refractivity contribution in [2.75, 3.05) is 5.75 Å². The van der Waals surface area contributed by atoms with Crippen LogP contribution in [0.5, 0.6) is 0 Å². The normalized spacial score (nSPS) is 11.3. The zero-order chi connectivity index (χ0) is 11.5. The Morgan fingerprint density at radius 3 is 2.20 bits per heavy atom. The largest absolute Gasteiger partial charge is 0.366 e. The zero-order valence-electron chi connectivity index (χ0n) is 7.88. The molecule has 0 radical (unpaired) electrons. The quantitative estimate of drug-likeness (QED) is 0.721. The van der Waals surface area contributed by atoms with Crippen LogP contribution in [0.15, 0.2) is 24.3 Å². The van der Waals surface area contributed by atoms with Gasteiger partial charge >= 0.3 is 0 Å². The van der Waals surface area contributed by atoms with Crippen molar-refractivity contribution in [3.63, 3.8) is 0 Å². The molecule has 6 heteroatoms. The summed E-state index contributed by atoms with van der Waals surface area (Å²) in [5.74, 6) is -0.862. The van der Waals surface area contributed by atoms with Gasteiger partial charge in [-0.3, -0.25) is 9.35 Å². The van der Waals surface area contributed by atoms with Crippen LogP contribution in [-0.4, -0.2) is 24.6 Å². The molecule has 0 saturated carbocycles. The minimum atomic E-state index is -3.94. The number of primary amides is 1. The van der Waals surface area contributed by atoms with Gasteiger partial charge in [0.2, 0.25) is 5.91 Å². The van der Waals surface area contributed by atoms with E-state index in [0.29, 0.717) is 5.56 Å². The van der Waals surface area contributed by atoms with Gasteiger partial charge in [0.15, 0.2) is 0 Å². The summed E-state index contributed by atoms with van der Waals surface area (Å²) in [7, 11) is -3.94. The molecule has 1 rings (SSSR count). The predicted molar refractivity (Wildman–Crippen MR) is 55.1 cm³/mol. The second-order valence-electron chi connectivity index (χ2n) is 3.10. The zero-order valence-corrected chi connectivity index (χ0v) is 8.70. The van der Waals surface area contributed by atoms with E-state index in [9.17, 15) is 13.2 Å². The molecule has 0 bridgehead atoms. The molecule has 0 spiro atoms. The highest BCUT2D eigenvalue weighted by molar-refractivity contribution is 7.85. The molecule has 82 valence electrons. The van der Waals surface area contributed by atoms with Crippen molar-refractivity contribution in [3.8, 4) is 0 Å². The molecule has 0 fully saturated rings. The molecule has 0 unspecified atom stereocenters. The number of nitrogens with two attached hydrogens (primary N) is 1. The molecule has 5 nitrogen and oxygen atoms in total. The minimum absolute atomic E-state index is 0.206. The lowest BCUT2D eigenvalue weighted by atomic mass is 10.1. The number of hydrogen-bond donors (Lipinski definition) is 2. The first-order chi connectivity index (χ1) is 6.88. The molecule has 0 aliphatic heterocycles. The van der Waals surface area contributed by atoms with Gasteiger partial charge in [0.1, 0.15) is 0 Å². The minimum Gasteiger partial charge on any atom is -0.366 e. The van der Waals surface area contributed by atoms with Crippen molar-refractivity contribution in [1.82, 2.24) is 0 Å². The van der Waals surface area contributed by atoms with E-state index in [4.69, 9.17) is 10.3 Å². The first kappa shape index (κ1) is 11.7. The van der Waals surface area contributed by atoms with Crippen molar-refractivity contribution in [2.24, 2.45) is 5.73 Å². The third kappa shape index (κ3) is 4.09. The highest BCUT2D eigenvalue weighted by Gasteiger charge is 2.05. The van der Waals surface area contributed by atoms with E-state index < -0.39 is 16.0 Å². The van der Waals surface area contributed by atoms with Crippen LogP contribution in [0.3, 0.4) is 0 Å². The molecule has 15 heavy (non-hydrogen) atoms. The van der Waals surface area contributed by atoms with Crippen molar-refractivity contribution < 1.29 is 17.8 Å². The maximum Gasteiger partial charge on any atom is 0.265 e. The molecular weight excluding hydrogens is 218 g/mol. The average Bonchev–Trinajstić information content (AvgIpc) is 2.14. The maximum atomic E-state index is 10.7. The highest BCUT2D eigenvalue weighted by atomic mass is 32.2. The summed E-state index contributed by atoms with van der Waals surface area (Å²) in [4.78, 5) is 10.7. The lowest BCUT2D eigenvalue weighted by molar-refractivity contribution is 0.100. The first-order valence-corrected chi connectivity index (χ1v) is 5.83. The molecule has 0 aliphatic rings. The van der Waals surface area contributed by atoms with Gasteiger partial charge in [-0.1, -0.05) is 12.1 Å². The predicted octanol–water partition coefficient (Wildman–Crippen LogP) is 0.216. The molecular formula is C9H11NO4S. The molecule has 0 heterocycles.